The summed E-state index contributed by atoms with van der Waals surface area (Å²) in [7, 11) is 1.64. The van der Waals surface area contributed by atoms with Crippen LogP contribution in [0.25, 0.3) is 0 Å². The number of aliphatic hydroxyl groups is 1. The highest BCUT2D eigenvalue weighted by atomic mass is 16.3. The van der Waals surface area contributed by atoms with Gasteiger partial charge in [-0.3, -0.25) is 4.79 Å². The predicted molar refractivity (Wildman–Crippen MR) is 60.0 cm³/mol. The molecule has 0 fully saturated rings. The van der Waals surface area contributed by atoms with E-state index in [0.717, 1.165) is 5.56 Å². The molecule has 15 heavy (non-hydrogen) atoms. The lowest BCUT2D eigenvalue weighted by molar-refractivity contribution is -0.118. The molecule has 1 amide bonds. The molecule has 0 aliphatic rings. The number of hydrogen-bond acceptors (Lipinski definition) is 2. The van der Waals surface area contributed by atoms with Gasteiger partial charge in [0, 0.05) is 7.05 Å². The van der Waals surface area contributed by atoms with Crippen LogP contribution in [0.1, 0.15) is 11.7 Å². The first-order valence-electron chi connectivity index (χ1n) is 4.46. The van der Waals surface area contributed by atoms with E-state index in [1.165, 1.54) is 4.90 Å². The third kappa shape index (κ3) is 4.84. The number of hydrogen-bond donors (Lipinski definition) is 1. The molecule has 1 aromatic carbocycles. The Labute approximate surface area is 90.3 Å². The van der Waals surface area contributed by atoms with Crippen molar-refractivity contribution in [2.24, 2.45) is 0 Å². The van der Waals surface area contributed by atoms with Crippen LogP contribution in [-0.4, -0.2) is 30.0 Å². The summed E-state index contributed by atoms with van der Waals surface area (Å²) in [5.74, 6) is 0. The number of carbonyl (C=O) groups excluding carboxylic acids is 1. The number of terminal acetylenes is 1. The van der Waals surface area contributed by atoms with Crippen LogP contribution in [0.15, 0.2) is 30.3 Å². The van der Waals surface area contributed by atoms with Gasteiger partial charge in [0.25, 0.3) is 0 Å². The van der Waals surface area contributed by atoms with Crippen molar-refractivity contribution in [1.29, 1.82) is 0 Å². The van der Waals surface area contributed by atoms with Crippen molar-refractivity contribution in [3.05, 3.63) is 35.9 Å². The van der Waals surface area contributed by atoms with Crippen molar-refractivity contribution in [3.8, 4) is 12.8 Å². The van der Waals surface area contributed by atoms with Gasteiger partial charge in [-0.25, -0.2) is 0 Å². The van der Waals surface area contributed by atoms with E-state index < -0.39 is 6.10 Å². The van der Waals surface area contributed by atoms with Crippen LogP contribution < -0.4 is 0 Å². The molecule has 1 aromatic rings. The Morgan fingerprint density at radius 2 is 1.93 bits per heavy atom. The highest BCUT2D eigenvalue weighted by molar-refractivity contribution is 5.46. The van der Waals surface area contributed by atoms with E-state index >= 15 is 0 Å². The molecule has 0 bridgehead atoms. The van der Waals surface area contributed by atoms with E-state index in [1.54, 1.807) is 7.05 Å². The Bertz CT molecular complexity index is 295. The summed E-state index contributed by atoms with van der Waals surface area (Å²) in [6.07, 6.45) is 8.10. The van der Waals surface area contributed by atoms with Crippen LogP contribution >= 0.6 is 0 Å². The Kier molecular flexibility index (Phi) is 6.69. The van der Waals surface area contributed by atoms with Gasteiger partial charge in [-0.2, -0.15) is 0 Å². The van der Waals surface area contributed by atoms with Crippen LogP contribution in [0.3, 0.4) is 0 Å². The summed E-state index contributed by atoms with van der Waals surface area (Å²) in [5, 5.41) is 9.62. The fraction of sp³-hybridized carbons (Fsp3) is 0.250. The first-order valence-corrected chi connectivity index (χ1v) is 4.46. The molecule has 1 atom stereocenters. The summed E-state index contributed by atoms with van der Waals surface area (Å²) in [4.78, 5) is 11.7. The molecule has 0 spiro atoms. The first-order chi connectivity index (χ1) is 7.24. The van der Waals surface area contributed by atoms with E-state index in [1.807, 2.05) is 30.3 Å². The Balaban J connectivity index is 0.000000921. The molecule has 0 aromatic heterocycles. The van der Waals surface area contributed by atoms with Crippen LogP contribution in [-0.2, 0) is 4.79 Å². The van der Waals surface area contributed by atoms with Gasteiger partial charge in [0.1, 0.15) is 0 Å². The molecule has 0 aliphatic carbocycles. The van der Waals surface area contributed by atoms with Crippen LogP contribution in [0, 0.1) is 12.8 Å². The molecule has 0 heterocycles. The molecule has 3 nitrogen and oxygen atoms in total. The lowest BCUT2D eigenvalue weighted by atomic mass is 10.1. The summed E-state index contributed by atoms with van der Waals surface area (Å²) in [6.45, 7) is 0.327. The largest absolute Gasteiger partial charge is 0.387 e. The number of amides is 1. The summed E-state index contributed by atoms with van der Waals surface area (Å²) in [5.41, 5.74) is 0.830. The van der Waals surface area contributed by atoms with Gasteiger partial charge in [0.05, 0.1) is 12.6 Å². The summed E-state index contributed by atoms with van der Waals surface area (Å²) < 4.78 is 0. The number of likely N-dealkylation sites (N-methyl/N-ethyl adjacent to an activating group) is 1. The van der Waals surface area contributed by atoms with Gasteiger partial charge >= 0.3 is 0 Å². The maximum atomic E-state index is 10.3. The molecule has 80 valence electrons. The minimum Gasteiger partial charge on any atom is -0.387 e. The van der Waals surface area contributed by atoms with E-state index in [4.69, 9.17) is 0 Å². The van der Waals surface area contributed by atoms with Crippen LogP contribution in [0.4, 0.5) is 0 Å². The van der Waals surface area contributed by atoms with E-state index in [0.29, 0.717) is 13.0 Å². The molecule has 3 heteroatoms. The quantitative estimate of drug-likeness (QED) is 0.589. The lowest BCUT2D eigenvalue weighted by Gasteiger charge is -2.16. The average molecular weight is 205 g/mol. The SMILES string of the molecule is C#C.CN(C=O)C[C@H](O)c1ccccc1. The molecular weight excluding hydrogens is 190 g/mol. The average Bonchev–Trinajstić information content (AvgIpc) is 2.32. The maximum absolute atomic E-state index is 10.3. The fourth-order valence-corrected chi connectivity index (χ4v) is 1.10. The Morgan fingerprint density at radius 3 is 2.40 bits per heavy atom. The molecule has 0 saturated heterocycles. The highest BCUT2D eigenvalue weighted by Gasteiger charge is 2.08. The second-order valence-corrected chi connectivity index (χ2v) is 2.97. The van der Waals surface area contributed by atoms with Gasteiger partial charge in [-0.05, 0) is 5.56 Å². The van der Waals surface area contributed by atoms with Crippen molar-refractivity contribution >= 4 is 6.41 Å². The molecule has 0 saturated carbocycles. The van der Waals surface area contributed by atoms with Crippen molar-refractivity contribution in [2.75, 3.05) is 13.6 Å². The zero-order valence-corrected chi connectivity index (χ0v) is 8.71. The lowest BCUT2D eigenvalue weighted by Crippen LogP contribution is -2.22. The number of aliphatic hydroxyl groups excluding tert-OH is 1. The summed E-state index contributed by atoms with van der Waals surface area (Å²) >= 11 is 0. The Hall–Kier alpha value is -1.79. The minimum atomic E-state index is -0.601. The molecular formula is C12H15NO2. The van der Waals surface area contributed by atoms with Gasteiger partial charge in [-0.15, -0.1) is 12.8 Å². The van der Waals surface area contributed by atoms with Crippen molar-refractivity contribution in [2.45, 2.75) is 6.10 Å². The third-order valence-electron chi connectivity index (χ3n) is 1.83. The predicted octanol–water partition coefficient (Wildman–Crippen LogP) is 1.06. The Morgan fingerprint density at radius 1 is 1.40 bits per heavy atom. The fourth-order valence-electron chi connectivity index (χ4n) is 1.10. The normalized spacial score (nSPS) is 10.7. The van der Waals surface area contributed by atoms with Crippen LogP contribution in [0.5, 0.6) is 0 Å². The highest BCUT2D eigenvalue weighted by Crippen LogP contribution is 2.11. The monoisotopic (exact) mass is 205 g/mol. The van der Waals surface area contributed by atoms with E-state index in [2.05, 4.69) is 12.8 Å². The van der Waals surface area contributed by atoms with E-state index in [9.17, 15) is 9.90 Å². The topological polar surface area (TPSA) is 40.5 Å². The van der Waals surface area contributed by atoms with Gasteiger partial charge < -0.3 is 10.0 Å². The minimum absolute atomic E-state index is 0.327. The zero-order valence-electron chi connectivity index (χ0n) is 8.71. The maximum Gasteiger partial charge on any atom is 0.209 e. The first kappa shape index (κ1) is 13.2. The number of benzene rings is 1. The molecule has 1 rings (SSSR count). The molecule has 0 radical (unpaired) electrons. The number of nitrogens with zero attached hydrogens (tertiary/aromatic N) is 1. The van der Waals surface area contributed by atoms with Gasteiger partial charge in [-0.1, -0.05) is 30.3 Å². The molecule has 0 unspecified atom stereocenters. The van der Waals surface area contributed by atoms with E-state index in [-0.39, 0.29) is 0 Å². The number of carbonyl (C=O) groups is 1. The zero-order chi connectivity index (χ0) is 11.7. The van der Waals surface area contributed by atoms with Crippen LogP contribution in [0.2, 0.25) is 0 Å². The summed E-state index contributed by atoms with van der Waals surface area (Å²) in [6, 6.07) is 9.28. The van der Waals surface area contributed by atoms with Gasteiger partial charge in [0.15, 0.2) is 0 Å². The smallest absolute Gasteiger partial charge is 0.209 e. The third-order valence-corrected chi connectivity index (χ3v) is 1.83. The standard InChI is InChI=1S/C10H13NO2.C2H2/c1-11(8-12)7-10(13)9-5-3-2-4-6-9;1-2/h2-6,8,10,13H,7H2,1H3;1-2H/t10-;/m0./s1. The van der Waals surface area contributed by atoms with Crippen molar-refractivity contribution in [3.63, 3.8) is 0 Å². The molecule has 0 aliphatic heterocycles. The van der Waals surface area contributed by atoms with Gasteiger partial charge in [0.2, 0.25) is 6.41 Å². The second-order valence-electron chi connectivity index (χ2n) is 2.97. The molecule has 1 N–H and O–H groups in total. The second kappa shape index (κ2) is 7.60. The van der Waals surface area contributed by atoms with Crippen molar-refractivity contribution in [1.82, 2.24) is 4.90 Å². The number of rotatable bonds is 4. The van der Waals surface area contributed by atoms with Crippen molar-refractivity contribution < 1.29 is 9.90 Å².